The third kappa shape index (κ3) is 4.53. The van der Waals surface area contributed by atoms with Gasteiger partial charge < -0.3 is 20.9 Å². The number of halogens is 3. The highest BCUT2D eigenvalue weighted by atomic mass is 19.4. The predicted molar refractivity (Wildman–Crippen MR) is 138 cm³/mol. The summed E-state index contributed by atoms with van der Waals surface area (Å²) in [5.74, 6) is -1.49. The highest BCUT2D eigenvalue weighted by Crippen LogP contribution is 2.45. The minimum absolute atomic E-state index is 0.0322. The van der Waals surface area contributed by atoms with Crippen LogP contribution in [0.4, 0.5) is 28.4 Å². The van der Waals surface area contributed by atoms with Gasteiger partial charge in [0, 0.05) is 48.5 Å². The van der Waals surface area contributed by atoms with Crippen LogP contribution in [0.5, 0.6) is 0 Å². The molecule has 4 amide bonds. The molecule has 1 saturated heterocycles. The van der Waals surface area contributed by atoms with Crippen molar-refractivity contribution in [2.75, 3.05) is 31.5 Å². The molecule has 12 heteroatoms. The normalized spacial score (nSPS) is 28.8. The van der Waals surface area contributed by atoms with Crippen LogP contribution in [0.3, 0.4) is 0 Å². The van der Waals surface area contributed by atoms with E-state index in [-0.39, 0.29) is 17.9 Å². The lowest BCUT2D eigenvalue weighted by Gasteiger charge is -2.26. The number of fused-ring (bicyclic) bond motifs is 3. The fourth-order valence-corrected chi connectivity index (χ4v) is 6.23. The zero-order chi connectivity index (χ0) is 27.6. The molecule has 39 heavy (non-hydrogen) atoms. The van der Waals surface area contributed by atoms with Gasteiger partial charge in [-0.1, -0.05) is 12.1 Å². The van der Waals surface area contributed by atoms with E-state index in [1.807, 2.05) is 24.0 Å². The van der Waals surface area contributed by atoms with E-state index in [1.165, 1.54) is 0 Å². The van der Waals surface area contributed by atoms with E-state index in [1.54, 1.807) is 12.1 Å². The molecule has 2 aromatic rings. The number of carbonyl (C=O) groups is 2. The van der Waals surface area contributed by atoms with Crippen LogP contribution in [0, 0.1) is 5.92 Å². The van der Waals surface area contributed by atoms with Gasteiger partial charge in [-0.25, -0.2) is 9.59 Å². The van der Waals surface area contributed by atoms with E-state index in [0.29, 0.717) is 37.2 Å². The number of aromatic nitrogens is 2. The number of likely N-dealkylation sites (tertiary alicyclic amines) is 1. The molecule has 1 spiro atoms. The van der Waals surface area contributed by atoms with Gasteiger partial charge in [0.1, 0.15) is 0 Å². The van der Waals surface area contributed by atoms with Crippen molar-refractivity contribution in [3.8, 4) is 0 Å². The Bertz CT molecular complexity index is 1450. The molecule has 2 fully saturated rings. The number of carbonyl (C=O) groups excluding carboxylic acids is 2. The Labute approximate surface area is 223 Å². The van der Waals surface area contributed by atoms with Gasteiger partial charge in [-0.05, 0) is 51.3 Å². The average Bonchev–Trinajstić information content (AvgIpc) is 3.22. The summed E-state index contributed by atoms with van der Waals surface area (Å²) in [5.41, 5.74) is 1.83. The molecule has 208 valence electrons. The molecule has 3 N–H and O–H groups in total. The largest absolute Gasteiger partial charge is 0.393 e. The molecule has 1 aliphatic carbocycles. The molecular formula is C27H32F3N7O2. The molecular weight excluding hydrogens is 511 g/mol. The Kier molecular flexibility index (Phi) is 5.92. The van der Waals surface area contributed by atoms with E-state index in [2.05, 4.69) is 33.6 Å². The van der Waals surface area contributed by atoms with Gasteiger partial charge in [0.15, 0.2) is 0 Å². The van der Waals surface area contributed by atoms with Gasteiger partial charge in [0.25, 0.3) is 0 Å². The Morgan fingerprint density at radius 2 is 2.00 bits per heavy atom. The predicted octanol–water partition coefficient (Wildman–Crippen LogP) is 2.40. The summed E-state index contributed by atoms with van der Waals surface area (Å²) in [7, 11) is 0. The lowest BCUT2D eigenvalue weighted by molar-refractivity contribution is -0.148. The molecule has 1 aromatic heterocycles. The van der Waals surface area contributed by atoms with Crippen molar-refractivity contribution in [1.82, 2.24) is 25.3 Å². The third-order valence-electron chi connectivity index (χ3n) is 8.58. The first-order valence-electron chi connectivity index (χ1n) is 13.4. The fourth-order valence-electron chi connectivity index (χ4n) is 6.23. The Morgan fingerprint density at radius 1 is 1.21 bits per heavy atom. The number of amides is 4. The molecule has 4 heterocycles. The van der Waals surface area contributed by atoms with Crippen LogP contribution in [-0.4, -0.2) is 65.1 Å². The van der Waals surface area contributed by atoms with Gasteiger partial charge >= 0.3 is 18.2 Å². The summed E-state index contributed by atoms with van der Waals surface area (Å²) in [6.45, 7) is 7.19. The maximum absolute atomic E-state index is 12.9. The number of alkyl halides is 3. The summed E-state index contributed by atoms with van der Waals surface area (Å²) >= 11 is 0. The van der Waals surface area contributed by atoms with Crippen molar-refractivity contribution in [3.63, 3.8) is 0 Å². The number of nitrogens with one attached hydrogen (secondary N) is 3. The minimum atomic E-state index is -4.31. The summed E-state index contributed by atoms with van der Waals surface area (Å²) in [6.07, 6.45) is -0.529. The number of urea groups is 2. The van der Waals surface area contributed by atoms with Crippen LogP contribution in [0.15, 0.2) is 29.3 Å². The van der Waals surface area contributed by atoms with E-state index >= 15 is 0 Å². The number of aryl methyl sites for hydroxylation is 1. The average molecular weight is 544 g/mol. The lowest BCUT2D eigenvalue weighted by atomic mass is 9.80. The molecule has 4 atom stereocenters. The highest BCUT2D eigenvalue weighted by Gasteiger charge is 2.56. The molecule has 0 radical (unpaired) electrons. The van der Waals surface area contributed by atoms with Crippen molar-refractivity contribution >= 4 is 23.8 Å². The van der Waals surface area contributed by atoms with E-state index in [0.717, 1.165) is 36.0 Å². The number of nitrogens with zero attached hydrogens (tertiary/aromatic N) is 4. The van der Waals surface area contributed by atoms with Crippen molar-refractivity contribution in [1.29, 1.82) is 0 Å². The number of hydrogen-bond donors (Lipinski definition) is 3. The van der Waals surface area contributed by atoms with Gasteiger partial charge in [-0.15, -0.1) is 0 Å². The summed E-state index contributed by atoms with van der Waals surface area (Å²) in [4.78, 5) is 31.6. The summed E-state index contributed by atoms with van der Waals surface area (Å²) in [5, 5.41) is 14.4. The maximum atomic E-state index is 12.9. The van der Waals surface area contributed by atoms with E-state index < -0.39 is 29.6 Å². The Morgan fingerprint density at radius 3 is 2.74 bits per heavy atom. The first-order chi connectivity index (χ1) is 18.5. The summed E-state index contributed by atoms with van der Waals surface area (Å²) < 4.78 is 40.6. The zero-order valence-electron chi connectivity index (χ0n) is 21.9. The second kappa shape index (κ2) is 8.99. The van der Waals surface area contributed by atoms with Gasteiger partial charge in [-0.2, -0.15) is 18.3 Å². The first-order valence-corrected chi connectivity index (χ1v) is 13.4. The van der Waals surface area contributed by atoms with Gasteiger partial charge in [0.2, 0.25) is 0 Å². The highest BCUT2D eigenvalue weighted by molar-refractivity contribution is 5.90. The van der Waals surface area contributed by atoms with Crippen molar-refractivity contribution in [2.45, 2.75) is 62.7 Å². The summed E-state index contributed by atoms with van der Waals surface area (Å²) in [6, 6.07) is 5.88. The number of rotatable bonds is 4. The lowest BCUT2D eigenvalue weighted by Crippen LogP contribution is -2.42. The molecule has 4 unspecified atom stereocenters. The molecule has 6 rings (SSSR count). The molecule has 9 nitrogen and oxygen atoms in total. The SMILES string of the molecule is CCNC(=O)N1CCC2(CCn3nc(C4(C)C=c5c(NC(=O)NC6CC6C(F)(F)F)cccc5=NC4)cc32)C1. The van der Waals surface area contributed by atoms with Gasteiger partial charge in [-0.3, -0.25) is 9.67 Å². The van der Waals surface area contributed by atoms with Crippen molar-refractivity contribution in [2.24, 2.45) is 10.9 Å². The number of anilines is 1. The van der Waals surface area contributed by atoms with Crippen LogP contribution in [-0.2, 0) is 17.4 Å². The quantitative estimate of drug-likeness (QED) is 0.552. The second-order valence-electron chi connectivity index (χ2n) is 11.4. The smallest absolute Gasteiger partial charge is 0.338 e. The zero-order valence-corrected chi connectivity index (χ0v) is 21.9. The van der Waals surface area contributed by atoms with Crippen LogP contribution < -0.4 is 26.5 Å². The topological polar surface area (TPSA) is 104 Å². The van der Waals surface area contributed by atoms with E-state index in [4.69, 9.17) is 10.1 Å². The Hall–Kier alpha value is -3.57. The Balaban J connectivity index is 1.24. The first kappa shape index (κ1) is 25.7. The molecule has 3 aliphatic heterocycles. The minimum Gasteiger partial charge on any atom is -0.338 e. The van der Waals surface area contributed by atoms with Gasteiger partial charge in [0.05, 0.1) is 34.6 Å². The maximum Gasteiger partial charge on any atom is 0.393 e. The van der Waals surface area contributed by atoms with Crippen LogP contribution in [0.1, 0.15) is 44.5 Å². The van der Waals surface area contributed by atoms with Crippen LogP contribution in [0.2, 0.25) is 0 Å². The second-order valence-corrected chi connectivity index (χ2v) is 11.4. The third-order valence-corrected chi connectivity index (χ3v) is 8.58. The van der Waals surface area contributed by atoms with Crippen LogP contribution in [0.25, 0.3) is 6.08 Å². The van der Waals surface area contributed by atoms with Crippen molar-refractivity contribution in [3.05, 3.63) is 46.2 Å². The van der Waals surface area contributed by atoms with Crippen molar-refractivity contribution < 1.29 is 22.8 Å². The number of benzene rings is 1. The molecule has 4 aliphatic rings. The fraction of sp³-hybridized carbons (Fsp3) is 0.556. The number of hydrogen-bond acceptors (Lipinski definition) is 4. The monoisotopic (exact) mass is 543 g/mol. The molecule has 0 bridgehead atoms. The van der Waals surface area contributed by atoms with E-state index in [9.17, 15) is 22.8 Å². The molecule has 1 aromatic carbocycles. The standard InChI is InChI=1S/C27H32F3N7O2/c1-3-31-24(39)36-9-7-26(15-36)8-10-37-22(26)12-21(35-37)25(2)13-16-18(32-14-25)5-4-6-19(16)33-23(38)34-20-11-17(20)27(28,29)30/h4-6,12-13,17,20H,3,7-11,14-15H2,1-2H3,(H,31,39)(H2,33,34,38). The van der Waals surface area contributed by atoms with Crippen LogP contribution >= 0.6 is 0 Å². The molecule has 1 saturated carbocycles.